The van der Waals surface area contributed by atoms with Gasteiger partial charge in [-0.3, -0.25) is 4.79 Å². The lowest BCUT2D eigenvalue weighted by atomic mass is 9.88. The second kappa shape index (κ2) is 10.4. The Bertz CT molecular complexity index is 1460. The van der Waals surface area contributed by atoms with Gasteiger partial charge < -0.3 is 14.6 Å². The molecule has 1 aromatic heterocycles. The molecule has 1 N–H and O–H groups in total. The Morgan fingerprint density at radius 1 is 0.974 bits per heavy atom. The van der Waals surface area contributed by atoms with Crippen molar-refractivity contribution in [1.29, 1.82) is 0 Å². The third-order valence-electron chi connectivity index (χ3n) is 7.11. The van der Waals surface area contributed by atoms with Gasteiger partial charge in [-0.25, -0.2) is 9.78 Å². The Morgan fingerprint density at radius 2 is 1.59 bits per heavy atom. The molecule has 3 aromatic carbocycles. The molecule has 1 unspecified atom stereocenters. The number of carboxylic acids is 1. The van der Waals surface area contributed by atoms with Crippen LogP contribution >= 0.6 is 0 Å². The van der Waals surface area contributed by atoms with Crippen LogP contribution in [0.2, 0.25) is 0 Å². The van der Waals surface area contributed by atoms with E-state index in [0.29, 0.717) is 22.8 Å². The molecule has 0 aliphatic carbocycles. The second-order valence-electron chi connectivity index (χ2n) is 9.62. The monoisotopic (exact) mass is 533 g/mol. The molecule has 5 rings (SSSR count). The zero-order valence-electron chi connectivity index (χ0n) is 21.1. The van der Waals surface area contributed by atoms with E-state index in [-0.39, 0.29) is 25.4 Å². The molecule has 1 aliphatic rings. The van der Waals surface area contributed by atoms with Gasteiger partial charge in [0, 0.05) is 18.7 Å². The molecular formula is C30H26F3N3O3. The number of rotatable bonds is 6. The predicted octanol–water partition coefficient (Wildman–Crippen LogP) is 5.43. The van der Waals surface area contributed by atoms with Crippen molar-refractivity contribution in [2.75, 3.05) is 0 Å². The van der Waals surface area contributed by atoms with Crippen LogP contribution in [0.25, 0.3) is 0 Å². The largest absolute Gasteiger partial charge is 0.480 e. The number of hydrogen-bond acceptors (Lipinski definition) is 3. The molecule has 2 heterocycles. The SMILES string of the molecule is Cc1nc2c(n1Cc1cccc(C(F)(F)F)c1)CC(C(=O)O)N(C(=O)C(c1ccccc1)c1ccccc1)C2. The Hall–Kier alpha value is -4.40. The molecule has 1 amide bonds. The number of carbonyl (C=O) groups excluding carboxylic acids is 1. The van der Waals surface area contributed by atoms with Crippen LogP contribution in [0.3, 0.4) is 0 Å². The summed E-state index contributed by atoms with van der Waals surface area (Å²) in [6.45, 7) is 1.82. The second-order valence-corrected chi connectivity index (χ2v) is 9.62. The van der Waals surface area contributed by atoms with Crippen LogP contribution in [0.15, 0.2) is 84.9 Å². The molecule has 6 nitrogen and oxygen atoms in total. The molecule has 9 heteroatoms. The van der Waals surface area contributed by atoms with Gasteiger partial charge in [0.2, 0.25) is 5.91 Å². The maximum atomic E-state index is 14.1. The van der Waals surface area contributed by atoms with Crippen LogP contribution < -0.4 is 0 Å². The van der Waals surface area contributed by atoms with E-state index in [1.807, 2.05) is 60.7 Å². The topological polar surface area (TPSA) is 75.4 Å². The van der Waals surface area contributed by atoms with Crippen LogP contribution in [0.4, 0.5) is 13.2 Å². The van der Waals surface area contributed by atoms with E-state index in [2.05, 4.69) is 4.98 Å². The standard InChI is InChI=1S/C30H26F3N3O3/c1-19-34-24-18-36(28(37)27(21-10-4-2-5-11-21)22-12-6-3-7-13-22)26(29(38)39)16-25(24)35(19)17-20-9-8-14-23(15-20)30(31,32)33/h2-15,26-27H,16-18H2,1H3,(H,38,39). The first-order valence-corrected chi connectivity index (χ1v) is 12.5. The number of aliphatic carboxylic acids is 1. The van der Waals surface area contributed by atoms with Gasteiger partial charge in [-0.05, 0) is 35.7 Å². The van der Waals surface area contributed by atoms with Crippen molar-refractivity contribution in [3.05, 3.63) is 124 Å². The smallest absolute Gasteiger partial charge is 0.416 e. The molecule has 39 heavy (non-hydrogen) atoms. The summed E-state index contributed by atoms with van der Waals surface area (Å²) in [5, 5.41) is 10.2. The van der Waals surface area contributed by atoms with E-state index in [4.69, 9.17) is 0 Å². The van der Waals surface area contributed by atoms with Crippen LogP contribution in [-0.2, 0) is 35.3 Å². The summed E-state index contributed by atoms with van der Waals surface area (Å²) in [5.74, 6) is -1.67. The van der Waals surface area contributed by atoms with Crippen molar-refractivity contribution in [3.8, 4) is 0 Å². The highest BCUT2D eigenvalue weighted by molar-refractivity contribution is 5.91. The van der Waals surface area contributed by atoms with Gasteiger partial charge in [0.05, 0.1) is 23.7 Å². The average Bonchev–Trinajstić information content (AvgIpc) is 3.22. The Balaban J connectivity index is 1.50. The number of carbonyl (C=O) groups is 2. The van der Waals surface area contributed by atoms with Crippen LogP contribution in [0.5, 0.6) is 0 Å². The maximum Gasteiger partial charge on any atom is 0.416 e. The summed E-state index contributed by atoms with van der Waals surface area (Å²) in [4.78, 5) is 32.5. The number of alkyl halides is 3. The number of nitrogens with zero attached hydrogens (tertiary/aromatic N) is 3. The molecule has 0 fully saturated rings. The summed E-state index contributed by atoms with van der Waals surface area (Å²) >= 11 is 0. The zero-order valence-corrected chi connectivity index (χ0v) is 21.1. The van der Waals surface area contributed by atoms with Crippen molar-refractivity contribution < 1.29 is 27.9 Å². The first-order valence-electron chi connectivity index (χ1n) is 12.5. The van der Waals surface area contributed by atoms with Gasteiger partial charge in [0.15, 0.2) is 0 Å². The molecule has 0 bridgehead atoms. The fourth-order valence-corrected chi connectivity index (χ4v) is 5.22. The van der Waals surface area contributed by atoms with Crippen molar-refractivity contribution >= 4 is 11.9 Å². The number of hydrogen-bond donors (Lipinski definition) is 1. The van der Waals surface area contributed by atoms with Crippen molar-refractivity contribution in [1.82, 2.24) is 14.5 Å². The zero-order chi connectivity index (χ0) is 27.7. The van der Waals surface area contributed by atoms with Crippen molar-refractivity contribution in [2.24, 2.45) is 0 Å². The molecule has 0 saturated carbocycles. The van der Waals surface area contributed by atoms with E-state index in [9.17, 15) is 27.9 Å². The Morgan fingerprint density at radius 3 is 2.15 bits per heavy atom. The van der Waals surface area contributed by atoms with Gasteiger partial charge in [-0.1, -0.05) is 72.8 Å². The van der Waals surface area contributed by atoms with Crippen LogP contribution in [0, 0.1) is 6.92 Å². The number of halogens is 3. The summed E-state index contributed by atoms with van der Waals surface area (Å²) in [7, 11) is 0. The van der Waals surface area contributed by atoms with Gasteiger partial charge >= 0.3 is 12.1 Å². The average molecular weight is 534 g/mol. The molecule has 0 radical (unpaired) electrons. The Labute approximate surface area is 223 Å². The van der Waals surface area contributed by atoms with E-state index in [0.717, 1.165) is 23.3 Å². The molecule has 1 aliphatic heterocycles. The highest BCUT2D eigenvalue weighted by Gasteiger charge is 2.40. The molecule has 200 valence electrons. The third-order valence-corrected chi connectivity index (χ3v) is 7.11. The normalized spacial score (nSPS) is 15.3. The summed E-state index contributed by atoms with van der Waals surface area (Å²) in [6.07, 6.45) is -4.48. The maximum absolute atomic E-state index is 14.1. The molecule has 4 aromatic rings. The molecule has 0 saturated heterocycles. The Kier molecular flexibility index (Phi) is 6.99. The number of fused-ring (bicyclic) bond motifs is 1. The van der Waals surface area contributed by atoms with E-state index < -0.39 is 29.7 Å². The fraction of sp³-hybridized carbons (Fsp3) is 0.233. The first-order chi connectivity index (χ1) is 18.6. The predicted molar refractivity (Wildman–Crippen MR) is 138 cm³/mol. The molecule has 0 spiro atoms. The third kappa shape index (κ3) is 5.30. The minimum atomic E-state index is -4.47. The number of amides is 1. The number of carboxylic acid groups (broad SMARTS) is 1. The summed E-state index contributed by atoms with van der Waals surface area (Å²) < 4.78 is 41.5. The van der Waals surface area contributed by atoms with Crippen molar-refractivity contribution in [3.63, 3.8) is 0 Å². The quantitative estimate of drug-likeness (QED) is 0.359. The van der Waals surface area contributed by atoms with Gasteiger partial charge in [-0.2, -0.15) is 13.2 Å². The number of benzene rings is 3. The first kappa shape index (κ1) is 26.2. The minimum absolute atomic E-state index is 0.00743. The van der Waals surface area contributed by atoms with Gasteiger partial charge in [0.1, 0.15) is 11.9 Å². The molecule has 1 atom stereocenters. The van der Waals surface area contributed by atoms with Crippen LogP contribution in [-0.4, -0.2) is 37.5 Å². The van der Waals surface area contributed by atoms with E-state index >= 15 is 0 Å². The minimum Gasteiger partial charge on any atom is -0.480 e. The van der Waals surface area contributed by atoms with E-state index in [1.165, 1.54) is 11.0 Å². The lowest BCUT2D eigenvalue weighted by molar-refractivity contribution is -0.151. The number of aryl methyl sites for hydroxylation is 1. The lowest BCUT2D eigenvalue weighted by Crippen LogP contribution is -2.50. The summed E-state index contributed by atoms with van der Waals surface area (Å²) in [5.41, 5.74) is 2.32. The highest BCUT2D eigenvalue weighted by atomic mass is 19.4. The lowest BCUT2D eigenvalue weighted by Gasteiger charge is -2.35. The highest BCUT2D eigenvalue weighted by Crippen LogP contribution is 2.33. The van der Waals surface area contributed by atoms with E-state index in [1.54, 1.807) is 17.6 Å². The number of imidazole rings is 1. The summed E-state index contributed by atoms with van der Waals surface area (Å²) in [6, 6.07) is 22.3. The van der Waals surface area contributed by atoms with Gasteiger partial charge in [-0.15, -0.1) is 0 Å². The fourth-order valence-electron chi connectivity index (χ4n) is 5.22. The number of aromatic nitrogens is 2. The van der Waals surface area contributed by atoms with Crippen LogP contribution in [0.1, 0.15) is 45.4 Å². The van der Waals surface area contributed by atoms with Crippen molar-refractivity contribution in [2.45, 2.75) is 44.6 Å². The van der Waals surface area contributed by atoms with Gasteiger partial charge in [0.25, 0.3) is 0 Å². The molecular weight excluding hydrogens is 507 g/mol.